The second-order valence-electron chi connectivity index (χ2n) is 8.49. The minimum atomic E-state index is -0.696. The molecule has 3 N–H and O–H groups in total. The molecule has 0 saturated carbocycles. The third kappa shape index (κ3) is 4.34. The van der Waals surface area contributed by atoms with Gasteiger partial charge in [-0.25, -0.2) is 15.2 Å². The Balaban J connectivity index is 1.64. The third-order valence-electron chi connectivity index (χ3n) is 6.27. The molecule has 5 rings (SSSR count). The molecule has 0 bridgehead atoms. The fourth-order valence-corrected chi connectivity index (χ4v) is 5.72. The van der Waals surface area contributed by atoms with E-state index in [1.807, 2.05) is 24.3 Å². The summed E-state index contributed by atoms with van der Waals surface area (Å²) in [6.45, 7) is 4.39. The van der Waals surface area contributed by atoms with Crippen LogP contribution in [0.2, 0.25) is 0 Å². The van der Waals surface area contributed by atoms with E-state index in [0.29, 0.717) is 32.7 Å². The number of phenolic OH excluding ortho intramolecular Hbond substituents is 1. The lowest BCUT2D eigenvalue weighted by molar-refractivity contribution is -0.139. The van der Waals surface area contributed by atoms with Gasteiger partial charge in [0.15, 0.2) is 4.80 Å². The lowest BCUT2D eigenvalue weighted by Gasteiger charge is -2.24. The molecule has 0 aliphatic carbocycles. The number of fused-ring (bicyclic) bond motifs is 1. The Labute approximate surface area is 205 Å². The number of hydrogen-bond acceptors (Lipinski definition) is 8. The molecule has 2 aromatic carbocycles. The number of nitrogens with zero attached hydrogens (tertiary/aromatic N) is 2. The van der Waals surface area contributed by atoms with Crippen molar-refractivity contribution in [2.45, 2.75) is 25.9 Å². The van der Waals surface area contributed by atoms with Crippen LogP contribution in [0.5, 0.6) is 5.75 Å². The van der Waals surface area contributed by atoms with Crippen LogP contribution in [0.25, 0.3) is 6.08 Å². The summed E-state index contributed by atoms with van der Waals surface area (Å²) in [5.74, 6) is -0.348. The molecule has 0 radical (unpaired) electrons. The van der Waals surface area contributed by atoms with Crippen molar-refractivity contribution < 1.29 is 14.6 Å². The highest BCUT2D eigenvalue weighted by Crippen LogP contribution is 2.31. The minimum Gasteiger partial charge on any atom is -0.508 e. The summed E-state index contributed by atoms with van der Waals surface area (Å²) in [5, 5.41) is 9.79. The molecule has 9 heteroatoms. The molecule has 1 aromatic heterocycles. The number of hydrogen-bond donors (Lipinski definition) is 3. The van der Waals surface area contributed by atoms with Gasteiger partial charge in [-0.2, -0.15) is 0 Å². The van der Waals surface area contributed by atoms with E-state index >= 15 is 0 Å². The first-order valence-electron chi connectivity index (χ1n) is 11.5. The average molecular weight is 491 g/mol. The lowest BCUT2D eigenvalue weighted by Crippen LogP contribution is -2.40. The standard InChI is InChI=1S/C26H26N4O4S/c1-3-34-25(33)21-15(2)28-26-30(23(21)17-9-11-19(31)12-10-17)24(32)20(35-26)13-18-14-27-29-22(18)16-7-5-4-6-8-16/h4-13,18,22-23,27,29,31H,3,14H2,1-2H3/b20-13+. The van der Waals surface area contributed by atoms with Gasteiger partial charge in [-0.15, -0.1) is 0 Å². The Morgan fingerprint density at radius 2 is 1.94 bits per heavy atom. The van der Waals surface area contributed by atoms with Crippen LogP contribution in [0.4, 0.5) is 0 Å². The maximum absolute atomic E-state index is 13.7. The molecule has 2 aliphatic heterocycles. The molecule has 1 fully saturated rings. The zero-order valence-corrected chi connectivity index (χ0v) is 20.2. The Bertz CT molecular complexity index is 1460. The second-order valence-corrected chi connectivity index (χ2v) is 9.50. The van der Waals surface area contributed by atoms with Gasteiger partial charge in [-0.3, -0.25) is 14.8 Å². The van der Waals surface area contributed by atoms with Gasteiger partial charge in [0.25, 0.3) is 5.56 Å². The number of aromatic hydroxyl groups is 1. The number of esters is 1. The van der Waals surface area contributed by atoms with E-state index in [1.54, 1.807) is 42.7 Å². The number of allylic oxidation sites excluding steroid dienone is 1. The largest absolute Gasteiger partial charge is 0.508 e. The van der Waals surface area contributed by atoms with Gasteiger partial charge in [0.1, 0.15) is 5.75 Å². The van der Waals surface area contributed by atoms with Gasteiger partial charge in [0, 0.05) is 12.5 Å². The van der Waals surface area contributed by atoms with Gasteiger partial charge in [0.2, 0.25) is 0 Å². The van der Waals surface area contributed by atoms with Gasteiger partial charge in [-0.05, 0) is 37.1 Å². The van der Waals surface area contributed by atoms with Crippen LogP contribution in [0.3, 0.4) is 0 Å². The van der Waals surface area contributed by atoms with E-state index in [9.17, 15) is 14.7 Å². The second kappa shape index (κ2) is 9.61. The SMILES string of the molecule is CCOC(=O)C1=C(C)N=c2s/c(=C/C3CNNC3c3ccccc3)c(=O)n2C1c1ccc(O)cc1. The van der Waals surface area contributed by atoms with Gasteiger partial charge >= 0.3 is 5.97 Å². The van der Waals surface area contributed by atoms with Crippen molar-refractivity contribution >= 4 is 23.4 Å². The summed E-state index contributed by atoms with van der Waals surface area (Å²) in [7, 11) is 0. The van der Waals surface area contributed by atoms with Crippen LogP contribution in [0.15, 0.2) is 75.7 Å². The minimum absolute atomic E-state index is 0.0273. The normalized spacial score (nSPS) is 22.1. The van der Waals surface area contributed by atoms with E-state index in [2.05, 4.69) is 28.0 Å². The monoisotopic (exact) mass is 490 g/mol. The summed E-state index contributed by atoms with van der Waals surface area (Å²) < 4.78 is 7.45. The van der Waals surface area contributed by atoms with Gasteiger partial charge in [-0.1, -0.05) is 59.9 Å². The van der Waals surface area contributed by atoms with Crippen molar-refractivity contribution in [1.29, 1.82) is 0 Å². The molecule has 35 heavy (non-hydrogen) atoms. The maximum Gasteiger partial charge on any atom is 0.338 e. The first-order chi connectivity index (χ1) is 17.0. The van der Waals surface area contributed by atoms with Crippen LogP contribution >= 0.6 is 11.3 Å². The number of hydrazine groups is 1. The van der Waals surface area contributed by atoms with Crippen LogP contribution in [-0.2, 0) is 9.53 Å². The Morgan fingerprint density at radius 3 is 2.66 bits per heavy atom. The molecule has 3 unspecified atom stereocenters. The quantitative estimate of drug-likeness (QED) is 0.472. The maximum atomic E-state index is 13.7. The number of phenols is 1. The molecule has 0 amide bonds. The van der Waals surface area contributed by atoms with Crippen LogP contribution < -0.4 is 25.7 Å². The zero-order chi connectivity index (χ0) is 24.5. The number of thiazole rings is 1. The van der Waals surface area contributed by atoms with Crippen molar-refractivity contribution in [1.82, 2.24) is 15.4 Å². The van der Waals surface area contributed by atoms with E-state index in [0.717, 1.165) is 5.56 Å². The number of rotatable bonds is 5. The van der Waals surface area contributed by atoms with E-state index in [-0.39, 0.29) is 29.9 Å². The Morgan fingerprint density at radius 1 is 1.20 bits per heavy atom. The molecular formula is C26H26N4O4S. The summed E-state index contributed by atoms with van der Waals surface area (Å²) >= 11 is 1.32. The van der Waals surface area contributed by atoms with Gasteiger partial charge in [0.05, 0.1) is 34.5 Å². The van der Waals surface area contributed by atoms with E-state index in [1.165, 1.54) is 11.3 Å². The number of aromatic nitrogens is 1. The molecule has 0 spiro atoms. The molecule has 2 aliphatic rings. The first kappa shape index (κ1) is 23.2. The third-order valence-corrected chi connectivity index (χ3v) is 7.27. The number of ether oxygens (including phenoxy) is 1. The van der Waals surface area contributed by atoms with Crippen LogP contribution in [0.1, 0.15) is 37.1 Å². The average Bonchev–Trinajstić information content (AvgIpc) is 3.44. The first-order valence-corrected chi connectivity index (χ1v) is 12.3. The Kier molecular flexibility index (Phi) is 6.38. The molecular weight excluding hydrogens is 464 g/mol. The fourth-order valence-electron chi connectivity index (χ4n) is 4.63. The molecule has 180 valence electrons. The highest BCUT2D eigenvalue weighted by atomic mass is 32.1. The summed E-state index contributed by atoms with van der Waals surface area (Å²) in [6.07, 6.45) is 1.99. The highest BCUT2D eigenvalue weighted by Gasteiger charge is 2.34. The summed E-state index contributed by atoms with van der Waals surface area (Å²) in [5.41, 5.74) is 8.96. The fraction of sp³-hybridized carbons (Fsp3) is 0.269. The van der Waals surface area contributed by atoms with E-state index in [4.69, 9.17) is 4.74 Å². The summed E-state index contributed by atoms with van der Waals surface area (Å²) in [4.78, 5) is 31.8. The molecule has 3 atom stereocenters. The molecule has 3 heterocycles. The predicted molar refractivity (Wildman–Crippen MR) is 133 cm³/mol. The topological polar surface area (TPSA) is 105 Å². The van der Waals surface area contributed by atoms with Gasteiger partial charge < -0.3 is 9.84 Å². The van der Waals surface area contributed by atoms with E-state index < -0.39 is 12.0 Å². The number of nitrogens with one attached hydrogen (secondary N) is 2. The van der Waals surface area contributed by atoms with Crippen molar-refractivity contribution in [3.63, 3.8) is 0 Å². The van der Waals surface area contributed by atoms with Crippen molar-refractivity contribution in [3.05, 3.63) is 96.7 Å². The van der Waals surface area contributed by atoms with Crippen LogP contribution in [0, 0.1) is 5.92 Å². The molecule has 1 saturated heterocycles. The van der Waals surface area contributed by atoms with Crippen molar-refractivity contribution in [3.8, 4) is 5.75 Å². The number of benzene rings is 2. The smallest absolute Gasteiger partial charge is 0.338 e. The number of carbonyl (C=O) groups is 1. The lowest BCUT2D eigenvalue weighted by atomic mass is 9.94. The molecule has 8 nitrogen and oxygen atoms in total. The zero-order valence-electron chi connectivity index (χ0n) is 19.4. The van der Waals surface area contributed by atoms with Crippen molar-refractivity contribution in [2.24, 2.45) is 10.9 Å². The Hall–Kier alpha value is -3.53. The van der Waals surface area contributed by atoms with Crippen LogP contribution in [-0.4, -0.2) is 28.8 Å². The number of carbonyl (C=O) groups excluding carboxylic acids is 1. The molecule has 3 aromatic rings. The highest BCUT2D eigenvalue weighted by molar-refractivity contribution is 7.07. The predicted octanol–water partition coefficient (Wildman–Crippen LogP) is 1.92. The van der Waals surface area contributed by atoms with Crippen molar-refractivity contribution in [2.75, 3.05) is 13.2 Å². The summed E-state index contributed by atoms with van der Waals surface area (Å²) in [6, 6.07) is 15.9.